The Hall–Kier alpha value is -1.81. The number of unbranched alkanes of at least 4 members (excludes halogenated alkanes) is 5. The van der Waals surface area contributed by atoms with Gasteiger partial charge in [0.05, 0.1) is 6.54 Å². The van der Waals surface area contributed by atoms with E-state index in [1.165, 1.54) is 44.1 Å². The summed E-state index contributed by atoms with van der Waals surface area (Å²) in [5.41, 5.74) is 1.36. The van der Waals surface area contributed by atoms with Gasteiger partial charge in [0, 0.05) is 12.4 Å². The lowest BCUT2D eigenvalue weighted by Crippen LogP contribution is -2.23. The monoisotopic (exact) mass is 330 g/mol. The van der Waals surface area contributed by atoms with Gasteiger partial charge in [0.25, 0.3) is 0 Å². The Kier molecular flexibility index (Phi) is 8.39. The van der Waals surface area contributed by atoms with Crippen LogP contribution >= 0.6 is 0 Å². The summed E-state index contributed by atoms with van der Waals surface area (Å²) in [4.78, 5) is 0. The topological polar surface area (TPSA) is 47.3 Å². The minimum Gasteiger partial charge on any atom is -0.491 e. The van der Waals surface area contributed by atoms with E-state index in [2.05, 4.69) is 24.2 Å². The maximum Gasteiger partial charge on any atom is 0.119 e. The van der Waals surface area contributed by atoms with E-state index in [1.54, 1.807) is 10.9 Å². The number of rotatable bonds is 12. The van der Waals surface area contributed by atoms with Crippen LogP contribution in [0, 0.1) is 0 Å². The highest BCUT2D eigenvalue weighted by atomic mass is 16.5. The molecule has 1 atom stereocenters. The zero-order chi connectivity index (χ0) is 17.0. The van der Waals surface area contributed by atoms with Gasteiger partial charge in [-0.15, -0.1) is 0 Å². The number of ether oxygens (including phenoxy) is 1. The van der Waals surface area contributed by atoms with Crippen molar-refractivity contribution in [2.75, 3.05) is 6.61 Å². The standard InChI is InChI=1S/C20H30N2O2/c1-2-3-4-5-6-7-9-18-10-12-20(13-11-18)24-17-19(23)16-22-15-8-14-21-22/h8,10-15,19,23H,2-7,9,16-17H2,1H3. The molecule has 132 valence electrons. The molecule has 0 aliphatic rings. The maximum absolute atomic E-state index is 9.96. The van der Waals surface area contributed by atoms with E-state index in [0.29, 0.717) is 6.54 Å². The molecule has 4 nitrogen and oxygen atoms in total. The lowest BCUT2D eigenvalue weighted by molar-refractivity contribution is 0.0893. The number of benzene rings is 1. The van der Waals surface area contributed by atoms with E-state index >= 15 is 0 Å². The second-order valence-electron chi connectivity index (χ2n) is 6.35. The van der Waals surface area contributed by atoms with Crippen molar-refractivity contribution in [2.24, 2.45) is 0 Å². The van der Waals surface area contributed by atoms with Crippen LogP contribution in [0.2, 0.25) is 0 Å². The fraction of sp³-hybridized carbons (Fsp3) is 0.550. The summed E-state index contributed by atoms with van der Waals surface area (Å²) in [5, 5.41) is 14.0. The van der Waals surface area contributed by atoms with E-state index in [0.717, 1.165) is 12.2 Å². The quantitative estimate of drug-likeness (QED) is 0.593. The molecular weight excluding hydrogens is 300 g/mol. The first kappa shape index (κ1) is 18.5. The molecule has 0 radical (unpaired) electrons. The molecule has 0 spiro atoms. The largest absolute Gasteiger partial charge is 0.491 e. The van der Waals surface area contributed by atoms with Gasteiger partial charge in [-0.05, 0) is 36.6 Å². The van der Waals surface area contributed by atoms with Crippen molar-refractivity contribution < 1.29 is 9.84 Å². The van der Waals surface area contributed by atoms with Crippen molar-refractivity contribution in [3.05, 3.63) is 48.3 Å². The third-order valence-electron chi connectivity index (χ3n) is 4.14. The van der Waals surface area contributed by atoms with Crippen LogP contribution in [0.4, 0.5) is 0 Å². The lowest BCUT2D eigenvalue weighted by Gasteiger charge is -2.12. The molecule has 24 heavy (non-hydrogen) atoms. The summed E-state index contributed by atoms with van der Waals surface area (Å²) < 4.78 is 7.36. The molecule has 4 heteroatoms. The van der Waals surface area contributed by atoms with Gasteiger partial charge < -0.3 is 9.84 Å². The zero-order valence-corrected chi connectivity index (χ0v) is 14.7. The van der Waals surface area contributed by atoms with Gasteiger partial charge in [-0.3, -0.25) is 4.68 Å². The SMILES string of the molecule is CCCCCCCCc1ccc(OCC(O)Cn2cccn2)cc1. The zero-order valence-electron chi connectivity index (χ0n) is 14.7. The lowest BCUT2D eigenvalue weighted by atomic mass is 10.0. The van der Waals surface area contributed by atoms with E-state index < -0.39 is 6.10 Å². The molecule has 0 saturated heterocycles. The van der Waals surface area contributed by atoms with Crippen LogP contribution in [0.3, 0.4) is 0 Å². The predicted octanol–water partition coefficient (Wildman–Crippen LogP) is 4.23. The summed E-state index contributed by atoms with van der Waals surface area (Å²) in [7, 11) is 0. The second kappa shape index (κ2) is 10.9. The van der Waals surface area contributed by atoms with Crippen molar-refractivity contribution in [3.63, 3.8) is 0 Å². The maximum atomic E-state index is 9.96. The molecule has 1 unspecified atom stereocenters. The number of aryl methyl sites for hydroxylation is 1. The highest BCUT2D eigenvalue weighted by molar-refractivity contribution is 5.27. The van der Waals surface area contributed by atoms with Crippen LogP contribution in [0.1, 0.15) is 51.0 Å². The summed E-state index contributed by atoms with van der Waals surface area (Å²) >= 11 is 0. The average molecular weight is 330 g/mol. The molecule has 0 bridgehead atoms. The molecule has 0 fully saturated rings. The summed E-state index contributed by atoms with van der Waals surface area (Å²) in [6.45, 7) is 2.97. The Bertz CT molecular complexity index is 537. The molecule has 2 rings (SSSR count). The Balaban J connectivity index is 1.62. The smallest absolute Gasteiger partial charge is 0.119 e. The Morgan fingerprint density at radius 2 is 1.83 bits per heavy atom. The molecule has 1 N–H and O–H groups in total. The van der Waals surface area contributed by atoms with Gasteiger partial charge in [-0.1, -0.05) is 51.2 Å². The second-order valence-corrected chi connectivity index (χ2v) is 6.35. The highest BCUT2D eigenvalue weighted by Crippen LogP contribution is 2.15. The summed E-state index contributed by atoms with van der Waals surface area (Å²) in [5.74, 6) is 0.807. The van der Waals surface area contributed by atoms with Crippen molar-refractivity contribution >= 4 is 0 Å². The molecule has 0 amide bonds. The van der Waals surface area contributed by atoms with Crippen molar-refractivity contribution in [1.82, 2.24) is 9.78 Å². The van der Waals surface area contributed by atoms with Gasteiger partial charge in [0.2, 0.25) is 0 Å². The molecular formula is C20H30N2O2. The number of aliphatic hydroxyl groups excluding tert-OH is 1. The van der Waals surface area contributed by atoms with E-state index in [1.807, 2.05) is 24.4 Å². The highest BCUT2D eigenvalue weighted by Gasteiger charge is 2.06. The molecule has 1 heterocycles. The number of hydrogen-bond acceptors (Lipinski definition) is 3. The van der Waals surface area contributed by atoms with Gasteiger partial charge in [-0.2, -0.15) is 5.10 Å². The normalized spacial score (nSPS) is 12.2. The third kappa shape index (κ3) is 7.18. The Morgan fingerprint density at radius 3 is 2.54 bits per heavy atom. The van der Waals surface area contributed by atoms with Crippen LogP contribution < -0.4 is 4.74 Å². The number of aliphatic hydroxyl groups is 1. The number of aromatic nitrogens is 2. The van der Waals surface area contributed by atoms with E-state index in [9.17, 15) is 5.11 Å². The van der Waals surface area contributed by atoms with Crippen LogP contribution in [0.25, 0.3) is 0 Å². The van der Waals surface area contributed by atoms with Gasteiger partial charge in [-0.25, -0.2) is 0 Å². The summed E-state index contributed by atoms with van der Waals surface area (Å²) in [6, 6.07) is 10.1. The third-order valence-corrected chi connectivity index (χ3v) is 4.14. The molecule has 0 aliphatic carbocycles. The van der Waals surface area contributed by atoms with E-state index in [4.69, 9.17) is 4.74 Å². The first-order chi connectivity index (χ1) is 11.8. The molecule has 0 saturated carbocycles. The fourth-order valence-corrected chi connectivity index (χ4v) is 2.73. The molecule has 1 aromatic heterocycles. The Labute approximate surface area is 145 Å². The van der Waals surface area contributed by atoms with Crippen LogP contribution in [0.5, 0.6) is 5.75 Å². The first-order valence-corrected chi connectivity index (χ1v) is 9.15. The van der Waals surface area contributed by atoms with Gasteiger partial charge in [0.1, 0.15) is 18.5 Å². The first-order valence-electron chi connectivity index (χ1n) is 9.15. The predicted molar refractivity (Wildman–Crippen MR) is 97.3 cm³/mol. The average Bonchev–Trinajstić information content (AvgIpc) is 3.10. The molecule has 2 aromatic rings. The van der Waals surface area contributed by atoms with Gasteiger partial charge in [0.15, 0.2) is 0 Å². The number of hydrogen-bond donors (Lipinski definition) is 1. The van der Waals surface area contributed by atoms with Crippen LogP contribution in [-0.2, 0) is 13.0 Å². The van der Waals surface area contributed by atoms with Crippen molar-refractivity contribution in [2.45, 2.75) is 64.5 Å². The summed E-state index contributed by atoms with van der Waals surface area (Å²) in [6.07, 6.45) is 12.1. The van der Waals surface area contributed by atoms with Crippen LogP contribution in [0.15, 0.2) is 42.7 Å². The van der Waals surface area contributed by atoms with Crippen molar-refractivity contribution in [3.8, 4) is 5.75 Å². The minimum absolute atomic E-state index is 0.274. The van der Waals surface area contributed by atoms with Crippen molar-refractivity contribution in [1.29, 1.82) is 0 Å². The molecule has 1 aromatic carbocycles. The fourth-order valence-electron chi connectivity index (χ4n) is 2.73. The number of nitrogens with zero attached hydrogens (tertiary/aromatic N) is 2. The van der Waals surface area contributed by atoms with Crippen LogP contribution in [-0.4, -0.2) is 27.6 Å². The Morgan fingerprint density at radius 1 is 1.08 bits per heavy atom. The molecule has 0 aliphatic heterocycles. The minimum atomic E-state index is -0.562. The van der Waals surface area contributed by atoms with E-state index in [-0.39, 0.29) is 6.61 Å². The van der Waals surface area contributed by atoms with Gasteiger partial charge >= 0.3 is 0 Å².